The molecule has 2 N–H and O–H groups in total. The van der Waals surface area contributed by atoms with E-state index in [2.05, 4.69) is 22.6 Å². The fourth-order valence-corrected chi connectivity index (χ4v) is 1.74. The van der Waals surface area contributed by atoms with Gasteiger partial charge in [0, 0.05) is 12.1 Å². The second-order valence-corrected chi connectivity index (χ2v) is 3.66. The average molecular weight is 293 g/mol. The number of hydrogen-bond donors (Lipinski definition) is 1. The van der Waals surface area contributed by atoms with Gasteiger partial charge in [0.05, 0.1) is 17.8 Å². The maximum Gasteiger partial charge on any atom is 0.132 e. The molecule has 0 fully saturated rings. The molecule has 1 aromatic rings. The van der Waals surface area contributed by atoms with Crippen molar-refractivity contribution in [2.45, 2.75) is 6.54 Å². The molecule has 0 aliphatic heterocycles. The van der Waals surface area contributed by atoms with Gasteiger partial charge in [0.15, 0.2) is 0 Å². The molecular formula is C9H12INO2. The zero-order valence-electron chi connectivity index (χ0n) is 7.63. The van der Waals surface area contributed by atoms with Gasteiger partial charge in [-0.15, -0.1) is 0 Å². The fourth-order valence-electron chi connectivity index (χ4n) is 1.08. The first-order valence-electron chi connectivity index (χ1n) is 3.83. The summed E-state index contributed by atoms with van der Waals surface area (Å²) in [6.07, 6.45) is 0. The molecule has 3 nitrogen and oxygen atoms in total. The molecule has 4 heteroatoms. The van der Waals surface area contributed by atoms with E-state index < -0.39 is 0 Å². The van der Waals surface area contributed by atoms with E-state index in [-0.39, 0.29) is 0 Å². The standard InChI is InChI=1S/C9H12INO2/c1-12-8-4-7(10)9(13-2)3-6(8)5-11/h3-4H,5,11H2,1-2H3. The van der Waals surface area contributed by atoms with E-state index in [0.717, 1.165) is 20.6 Å². The van der Waals surface area contributed by atoms with Crippen LogP contribution in [0.4, 0.5) is 0 Å². The van der Waals surface area contributed by atoms with E-state index in [0.29, 0.717) is 6.54 Å². The maximum absolute atomic E-state index is 5.56. The molecule has 0 atom stereocenters. The molecule has 0 aliphatic carbocycles. The van der Waals surface area contributed by atoms with Crippen LogP contribution < -0.4 is 15.2 Å². The molecule has 0 unspecified atom stereocenters. The summed E-state index contributed by atoms with van der Waals surface area (Å²) in [5, 5.41) is 0. The summed E-state index contributed by atoms with van der Waals surface area (Å²) in [6.45, 7) is 0.455. The summed E-state index contributed by atoms with van der Waals surface area (Å²) in [5.74, 6) is 1.65. The molecule has 0 heterocycles. The van der Waals surface area contributed by atoms with Crippen LogP contribution in [0.25, 0.3) is 0 Å². The summed E-state index contributed by atoms with van der Waals surface area (Å²) < 4.78 is 11.4. The summed E-state index contributed by atoms with van der Waals surface area (Å²) in [7, 11) is 3.28. The van der Waals surface area contributed by atoms with E-state index in [4.69, 9.17) is 15.2 Å². The molecule has 0 aliphatic rings. The van der Waals surface area contributed by atoms with Crippen LogP contribution in [0, 0.1) is 3.57 Å². The second-order valence-electron chi connectivity index (χ2n) is 2.50. The zero-order valence-corrected chi connectivity index (χ0v) is 9.79. The number of rotatable bonds is 3. The van der Waals surface area contributed by atoms with Crippen molar-refractivity contribution in [2.75, 3.05) is 14.2 Å². The van der Waals surface area contributed by atoms with Gasteiger partial charge in [-0.1, -0.05) is 0 Å². The molecule has 0 spiro atoms. The minimum Gasteiger partial charge on any atom is -0.496 e. The van der Waals surface area contributed by atoms with E-state index in [1.54, 1.807) is 14.2 Å². The highest BCUT2D eigenvalue weighted by atomic mass is 127. The van der Waals surface area contributed by atoms with Crippen LogP contribution in [-0.2, 0) is 6.54 Å². The van der Waals surface area contributed by atoms with E-state index >= 15 is 0 Å². The van der Waals surface area contributed by atoms with E-state index in [1.807, 2.05) is 12.1 Å². The molecule has 0 radical (unpaired) electrons. The highest BCUT2D eigenvalue weighted by Gasteiger charge is 2.07. The Bertz CT molecular complexity index is 302. The molecule has 72 valence electrons. The Labute approximate surface area is 91.4 Å². The predicted octanol–water partition coefficient (Wildman–Crippen LogP) is 1.77. The van der Waals surface area contributed by atoms with Gasteiger partial charge in [0.25, 0.3) is 0 Å². The first-order chi connectivity index (χ1) is 6.22. The van der Waals surface area contributed by atoms with Crippen LogP contribution in [0.3, 0.4) is 0 Å². The average Bonchev–Trinajstić information content (AvgIpc) is 2.17. The summed E-state index contributed by atoms with van der Waals surface area (Å²) in [6, 6.07) is 3.82. The lowest BCUT2D eigenvalue weighted by Crippen LogP contribution is -2.01. The van der Waals surface area contributed by atoms with Gasteiger partial charge in [-0.3, -0.25) is 0 Å². The largest absolute Gasteiger partial charge is 0.496 e. The molecule has 0 aromatic heterocycles. The predicted molar refractivity (Wildman–Crippen MR) is 60.2 cm³/mol. The third kappa shape index (κ3) is 2.25. The van der Waals surface area contributed by atoms with Crippen LogP contribution >= 0.6 is 22.6 Å². The monoisotopic (exact) mass is 293 g/mol. The van der Waals surface area contributed by atoms with Crippen LogP contribution in [0.1, 0.15) is 5.56 Å². The van der Waals surface area contributed by atoms with Gasteiger partial charge in [-0.25, -0.2) is 0 Å². The van der Waals surface area contributed by atoms with Crippen LogP contribution in [0.5, 0.6) is 11.5 Å². The van der Waals surface area contributed by atoms with Crippen molar-refractivity contribution in [1.29, 1.82) is 0 Å². The molecule has 0 saturated heterocycles. The fraction of sp³-hybridized carbons (Fsp3) is 0.333. The first kappa shape index (κ1) is 10.6. The number of ether oxygens (including phenoxy) is 2. The van der Waals surface area contributed by atoms with E-state index in [9.17, 15) is 0 Å². The van der Waals surface area contributed by atoms with Gasteiger partial charge in [0.2, 0.25) is 0 Å². The zero-order chi connectivity index (χ0) is 9.84. The SMILES string of the molecule is COc1cc(CN)c(OC)cc1I. The number of halogens is 1. The van der Waals surface area contributed by atoms with Crippen molar-refractivity contribution in [1.82, 2.24) is 0 Å². The number of methoxy groups -OCH3 is 2. The van der Waals surface area contributed by atoms with Gasteiger partial charge < -0.3 is 15.2 Å². The Morgan fingerprint density at radius 3 is 2.31 bits per heavy atom. The Balaban J connectivity index is 3.18. The van der Waals surface area contributed by atoms with Crippen molar-refractivity contribution >= 4 is 22.6 Å². The summed E-state index contributed by atoms with van der Waals surface area (Å²) >= 11 is 2.20. The van der Waals surface area contributed by atoms with Gasteiger partial charge in [-0.2, -0.15) is 0 Å². The van der Waals surface area contributed by atoms with Crippen molar-refractivity contribution < 1.29 is 9.47 Å². The molecule has 1 rings (SSSR count). The first-order valence-corrected chi connectivity index (χ1v) is 4.91. The summed E-state index contributed by atoms with van der Waals surface area (Å²) in [5.41, 5.74) is 6.52. The Hall–Kier alpha value is -0.490. The molecule has 1 aromatic carbocycles. The number of nitrogens with two attached hydrogens (primary N) is 1. The van der Waals surface area contributed by atoms with Crippen molar-refractivity contribution in [2.24, 2.45) is 5.73 Å². The maximum atomic E-state index is 5.56. The quantitative estimate of drug-likeness (QED) is 0.864. The van der Waals surface area contributed by atoms with Gasteiger partial charge in [-0.05, 0) is 34.7 Å². The van der Waals surface area contributed by atoms with Gasteiger partial charge >= 0.3 is 0 Å². The summed E-state index contributed by atoms with van der Waals surface area (Å²) in [4.78, 5) is 0. The molecule has 0 bridgehead atoms. The lowest BCUT2D eigenvalue weighted by Gasteiger charge is -2.10. The Kier molecular flexibility index (Phi) is 3.80. The van der Waals surface area contributed by atoms with Gasteiger partial charge in [0.1, 0.15) is 11.5 Å². The van der Waals surface area contributed by atoms with Crippen molar-refractivity contribution in [3.05, 3.63) is 21.3 Å². The van der Waals surface area contributed by atoms with Crippen LogP contribution in [0.15, 0.2) is 12.1 Å². The van der Waals surface area contributed by atoms with Crippen molar-refractivity contribution in [3.8, 4) is 11.5 Å². The molecular weight excluding hydrogens is 281 g/mol. The van der Waals surface area contributed by atoms with Crippen molar-refractivity contribution in [3.63, 3.8) is 0 Å². The Morgan fingerprint density at radius 1 is 1.23 bits per heavy atom. The van der Waals surface area contributed by atoms with Crippen LogP contribution in [-0.4, -0.2) is 14.2 Å². The van der Waals surface area contributed by atoms with E-state index in [1.165, 1.54) is 0 Å². The second kappa shape index (κ2) is 4.66. The Morgan fingerprint density at radius 2 is 1.85 bits per heavy atom. The van der Waals surface area contributed by atoms with Crippen LogP contribution in [0.2, 0.25) is 0 Å². The highest BCUT2D eigenvalue weighted by Crippen LogP contribution is 2.29. The minimum atomic E-state index is 0.455. The number of hydrogen-bond acceptors (Lipinski definition) is 3. The molecule has 13 heavy (non-hydrogen) atoms. The lowest BCUT2D eigenvalue weighted by molar-refractivity contribution is 0.396. The minimum absolute atomic E-state index is 0.455. The third-order valence-electron chi connectivity index (χ3n) is 1.77. The topological polar surface area (TPSA) is 44.5 Å². The molecule has 0 amide bonds. The molecule has 0 saturated carbocycles. The number of benzene rings is 1. The third-order valence-corrected chi connectivity index (χ3v) is 2.62. The normalized spacial score (nSPS) is 9.85. The lowest BCUT2D eigenvalue weighted by atomic mass is 10.2. The highest BCUT2D eigenvalue weighted by molar-refractivity contribution is 14.1. The smallest absolute Gasteiger partial charge is 0.132 e.